The molecule has 0 spiro atoms. The van der Waals surface area contributed by atoms with E-state index in [1.54, 1.807) is 24.3 Å². The molecule has 0 N–H and O–H groups in total. The lowest BCUT2D eigenvalue weighted by atomic mass is 10.2. The number of aromatic nitrogens is 1. The third-order valence-corrected chi connectivity index (χ3v) is 2.32. The highest BCUT2D eigenvalue weighted by Gasteiger charge is 2.01. The maximum atomic E-state index is 11.9. The summed E-state index contributed by atoms with van der Waals surface area (Å²) in [4.78, 5) is 11.9. The predicted octanol–water partition coefficient (Wildman–Crippen LogP) is 2.54. The van der Waals surface area contributed by atoms with Crippen molar-refractivity contribution in [1.82, 2.24) is 4.57 Å². The standard InChI is InChI=1S/C14H15NO2/c1-3-17-13-6-4-5-12(9-13)15-10-11(2)7-8-14(15)16/h4-10H,3H2,1-2H3/i2D3. The minimum absolute atomic E-state index is 0.124. The Bertz CT molecular complexity index is 662. The Hall–Kier alpha value is -2.03. The second kappa shape index (κ2) is 4.87. The maximum absolute atomic E-state index is 11.9. The fourth-order valence-corrected chi connectivity index (χ4v) is 1.58. The zero-order chi connectivity index (χ0) is 14.8. The van der Waals surface area contributed by atoms with Crippen molar-refractivity contribution in [2.24, 2.45) is 0 Å². The fraction of sp³-hybridized carbons (Fsp3) is 0.214. The number of aryl methyl sites for hydroxylation is 1. The summed E-state index contributed by atoms with van der Waals surface area (Å²) in [7, 11) is 0. The molecule has 1 heterocycles. The van der Waals surface area contributed by atoms with E-state index in [2.05, 4.69) is 0 Å². The van der Waals surface area contributed by atoms with Crippen molar-refractivity contribution in [3.05, 3.63) is 58.5 Å². The molecular weight excluding hydrogens is 214 g/mol. The van der Waals surface area contributed by atoms with Crippen molar-refractivity contribution >= 4 is 0 Å². The van der Waals surface area contributed by atoms with E-state index in [0.29, 0.717) is 18.0 Å². The van der Waals surface area contributed by atoms with E-state index in [9.17, 15) is 4.79 Å². The number of pyridine rings is 1. The SMILES string of the molecule is [2H]C([2H])([2H])c1ccc(=O)n(-c2cccc(OCC)c2)c1. The lowest BCUT2D eigenvalue weighted by Gasteiger charge is -2.09. The van der Waals surface area contributed by atoms with E-state index in [1.165, 1.54) is 22.9 Å². The molecule has 3 nitrogen and oxygen atoms in total. The molecule has 0 atom stereocenters. The van der Waals surface area contributed by atoms with Gasteiger partial charge in [-0.2, -0.15) is 0 Å². The summed E-state index contributed by atoms with van der Waals surface area (Å²) in [5, 5.41) is 0. The van der Waals surface area contributed by atoms with E-state index >= 15 is 0 Å². The molecular formula is C14H15NO2. The molecule has 17 heavy (non-hydrogen) atoms. The molecule has 0 bridgehead atoms. The van der Waals surface area contributed by atoms with Gasteiger partial charge in [-0.3, -0.25) is 9.36 Å². The van der Waals surface area contributed by atoms with Gasteiger partial charge in [0.05, 0.1) is 12.3 Å². The molecule has 0 aliphatic rings. The lowest BCUT2D eigenvalue weighted by molar-refractivity contribution is 0.340. The normalized spacial score (nSPS) is 13.6. The number of nitrogens with zero attached hydrogens (tertiary/aromatic N) is 1. The van der Waals surface area contributed by atoms with Gasteiger partial charge in [0, 0.05) is 22.4 Å². The lowest BCUT2D eigenvalue weighted by Crippen LogP contribution is -2.16. The van der Waals surface area contributed by atoms with Crippen LogP contribution in [-0.2, 0) is 0 Å². The Labute approximate surface area is 105 Å². The molecule has 0 unspecified atom stereocenters. The molecule has 88 valence electrons. The van der Waals surface area contributed by atoms with Crippen LogP contribution in [-0.4, -0.2) is 11.2 Å². The van der Waals surface area contributed by atoms with E-state index < -0.39 is 6.85 Å². The average molecular weight is 232 g/mol. The van der Waals surface area contributed by atoms with Crippen LogP contribution in [0.1, 0.15) is 16.6 Å². The van der Waals surface area contributed by atoms with Crippen LogP contribution in [0.3, 0.4) is 0 Å². The summed E-state index contributed by atoms with van der Waals surface area (Å²) in [5.41, 5.74) is 0.414. The zero-order valence-electron chi connectivity index (χ0n) is 12.5. The molecule has 0 radical (unpaired) electrons. The number of rotatable bonds is 3. The number of benzene rings is 1. The molecule has 1 aromatic carbocycles. The number of ether oxygens (including phenoxy) is 1. The highest BCUT2D eigenvalue weighted by Crippen LogP contribution is 2.15. The van der Waals surface area contributed by atoms with Gasteiger partial charge in [0.15, 0.2) is 0 Å². The summed E-state index contributed by atoms with van der Waals surface area (Å²) in [5.74, 6) is 0.635. The Morgan fingerprint density at radius 2 is 2.24 bits per heavy atom. The minimum atomic E-state index is -2.24. The summed E-state index contributed by atoms with van der Waals surface area (Å²) < 4.78 is 28.9. The average Bonchev–Trinajstić information content (AvgIpc) is 2.38. The summed E-state index contributed by atoms with van der Waals surface area (Å²) >= 11 is 0. The molecule has 1 aromatic heterocycles. The van der Waals surface area contributed by atoms with Crippen molar-refractivity contribution in [1.29, 1.82) is 0 Å². The highest BCUT2D eigenvalue weighted by molar-refractivity contribution is 5.39. The monoisotopic (exact) mass is 232 g/mol. The first-order valence-electron chi connectivity index (χ1n) is 6.88. The third-order valence-electron chi connectivity index (χ3n) is 2.32. The van der Waals surface area contributed by atoms with Crippen molar-refractivity contribution < 1.29 is 8.85 Å². The van der Waals surface area contributed by atoms with Gasteiger partial charge in [0.1, 0.15) is 5.75 Å². The van der Waals surface area contributed by atoms with E-state index in [0.717, 1.165) is 0 Å². The van der Waals surface area contributed by atoms with Gasteiger partial charge < -0.3 is 4.74 Å². The van der Waals surface area contributed by atoms with Crippen LogP contribution in [0.15, 0.2) is 47.4 Å². The van der Waals surface area contributed by atoms with Crippen molar-refractivity contribution in [2.75, 3.05) is 6.61 Å². The quantitative estimate of drug-likeness (QED) is 0.814. The van der Waals surface area contributed by atoms with E-state index in [-0.39, 0.29) is 11.1 Å². The second-order valence-electron chi connectivity index (χ2n) is 3.56. The molecule has 2 rings (SSSR count). The van der Waals surface area contributed by atoms with E-state index in [4.69, 9.17) is 8.85 Å². The van der Waals surface area contributed by atoms with Gasteiger partial charge in [0.2, 0.25) is 0 Å². The van der Waals surface area contributed by atoms with Gasteiger partial charge >= 0.3 is 0 Å². The second-order valence-corrected chi connectivity index (χ2v) is 3.56. The fourth-order valence-electron chi connectivity index (χ4n) is 1.58. The third kappa shape index (κ3) is 2.56. The Kier molecular flexibility index (Phi) is 2.33. The van der Waals surface area contributed by atoms with Crippen LogP contribution in [0.25, 0.3) is 5.69 Å². The maximum Gasteiger partial charge on any atom is 0.255 e. The van der Waals surface area contributed by atoms with Crippen LogP contribution in [0.4, 0.5) is 0 Å². The highest BCUT2D eigenvalue weighted by atomic mass is 16.5. The molecule has 0 amide bonds. The first-order valence-corrected chi connectivity index (χ1v) is 5.38. The molecule has 3 heteroatoms. The van der Waals surface area contributed by atoms with Crippen molar-refractivity contribution in [3.63, 3.8) is 0 Å². The Morgan fingerprint density at radius 1 is 1.35 bits per heavy atom. The smallest absolute Gasteiger partial charge is 0.255 e. The van der Waals surface area contributed by atoms with Gasteiger partial charge in [-0.1, -0.05) is 12.1 Å². The minimum Gasteiger partial charge on any atom is -0.494 e. The van der Waals surface area contributed by atoms with Crippen LogP contribution < -0.4 is 10.3 Å². The molecule has 0 saturated carbocycles. The molecule has 0 fully saturated rings. The molecule has 0 aliphatic heterocycles. The van der Waals surface area contributed by atoms with Gasteiger partial charge in [0.25, 0.3) is 5.56 Å². The van der Waals surface area contributed by atoms with Gasteiger partial charge in [-0.15, -0.1) is 0 Å². The van der Waals surface area contributed by atoms with Crippen LogP contribution in [0.2, 0.25) is 0 Å². The summed E-state index contributed by atoms with van der Waals surface area (Å²) in [6.45, 7) is 0.148. The summed E-state index contributed by atoms with van der Waals surface area (Å²) in [6, 6.07) is 9.56. The number of hydrogen-bond acceptors (Lipinski definition) is 2. The first kappa shape index (κ1) is 8.12. The van der Waals surface area contributed by atoms with E-state index in [1.807, 2.05) is 6.92 Å². The van der Waals surface area contributed by atoms with Crippen molar-refractivity contribution in [2.45, 2.75) is 13.8 Å². The Morgan fingerprint density at radius 3 is 3.00 bits per heavy atom. The molecule has 2 aromatic rings. The number of hydrogen-bond donors (Lipinski definition) is 0. The Balaban J connectivity index is 2.52. The predicted molar refractivity (Wildman–Crippen MR) is 67.9 cm³/mol. The topological polar surface area (TPSA) is 31.2 Å². The van der Waals surface area contributed by atoms with Crippen LogP contribution in [0, 0.1) is 6.85 Å². The zero-order valence-corrected chi connectivity index (χ0v) is 9.51. The molecule has 0 saturated heterocycles. The summed E-state index contributed by atoms with van der Waals surface area (Å²) in [6.07, 6.45) is 1.35. The van der Waals surface area contributed by atoms with Crippen molar-refractivity contribution in [3.8, 4) is 11.4 Å². The van der Waals surface area contributed by atoms with Crippen LogP contribution >= 0.6 is 0 Å². The first-order chi connectivity index (χ1) is 9.41. The van der Waals surface area contributed by atoms with Crippen LogP contribution in [0.5, 0.6) is 5.75 Å². The largest absolute Gasteiger partial charge is 0.494 e. The molecule has 0 aliphatic carbocycles. The van der Waals surface area contributed by atoms with Gasteiger partial charge in [-0.05, 0) is 31.5 Å². The van der Waals surface area contributed by atoms with Gasteiger partial charge in [-0.25, -0.2) is 0 Å².